The minimum Gasteiger partial charge on any atom is -0.482 e. The Bertz CT molecular complexity index is 1040. The van der Waals surface area contributed by atoms with Crippen molar-refractivity contribution in [2.24, 2.45) is 0 Å². The van der Waals surface area contributed by atoms with Crippen molar-refractivity contribution in [2.45, 2.75) is 20.3 Å². The molecule has 3 aromatic rings. The molecule has 0 radical (unpaired) electrons. The van der Waals surface area contributed by atoms with E-state index in [1.165, 1.54) is 30.3 Å². The van der Waals surface area contributed by atoms with E-state index in [-0.39, 0.29) is 24.4 Å². The van der Waals surface area contributed by atoms with Gasteiger partial charge in [-0.3, -0.25) is 4.79 Å². The molecule has 0 fully saturated rings. The molecule has 0 unspecified atom stereocenters. The molecule has 28 heavy (non-hydrogen) atoms. The Hall–Kier alpha value is -3.35. The molecule has 0 atom stereocenters. The Morgan fingerprint density at radius 3 is 2.46 bits per heavy atom. The highest BCUT2D eigenvalue weighted by Gasteiger charge is 2.16. The van der Waals surface area contributed by atoms with Crippen molar-refractivity contribution >= 4 is 16.9 Å². The van der Waals surface area contributed by atoms with Gasteiger partial charge in [0, 0.05) is 12.5 Å². The summed E-state index contributed by atoms with van der Waals surface area (Å²) in [6, 6.07) is 10.0. The zero-order chi connectivity index (χ0) is 20.1. The number of hydrogen-bond acceptors (Lipinski definition) is 6. The molecule has 0 aliphatic heterocycles. The van der Waals surface area contributed by atoms with Crippen molar-refractivity contribution in [3.8, 4) is 17.2 Å². The van der Waals surface area contributed by atoms with Crippen molar-refractivity contribution in [3.05, 3.63) is 64.3 Å². The lowest BCUT2D eigenvalue weighted by molar-refractivity contribution is -0.145. The van der Waals surface area contributed by atoms with Gasteiger partial charge in [0.05, 0.1) is 12.0 Å². The number of halogens is 1. The van der Waals surface area contributed by atoms with Crippen LogP contribution in [-0.2, 0) is 16.0 Å². The SMILES string of the molecule is CCOC(=O)COc1ccc2c(=O)c(Oc3ccc(F)cc3)c(CC)oc2c1. The van der Waals surface area contributed by atoms with Gasteiger partial charge in [-0.15, -0.1) is 0 Å². The number of aryl methyl sites for hydroxylation is 1. The molecule has 7 heteroatoms. The molecule has 146 valence electrons. The van der Waals surface area contributed by atoms with Crippen LogP contribution in [0, 0.1) is 5.82 Å². The molecule has 0 saturated heterocycles. The molecule has 0 aliphatic rings. The van der Waals surface area contributed by atoms with Crippen LogP contribution in [0.3, 0.4) is 0 Å². The third-order valence-electron chi connectivity index (χ3n) is 3.91. The highest BCUT2D eigenvalue weighted by atomic mass is 19.1. The van der Waals surface area contributed by atoms with Gasteiger partial charge in [-0.05, 0) is 43.3 Å². The molecule has 0 bridgehead atoms. The van der Waals surface area contributed by atoms with Gasteiger partial charge >= 0.3 is 5.97 Å². The zero-order valence-electron chi connectivity index (χ0n) is 15.5. The van der Waals surface area contributed by atoms with E-state index in [0.717, 1.165) is 0 Å². The molecule has 0 spiro atoms. The Morgan fingerprint density at radius 1 is 1.07 bits per heavy atom. The summed E-state index contributed by atoms with van der Waals surface area (Å²) in [4.78, 5) is 24.3. The first-order chi connectivity index (χ1) is 13.5. The fourth-order valence-corrected chi connectivity index (χ4v) is 2.59. The van der Waals surface area contributed by atoms with E-state index in [1.807, 2.05) is 6.92 Å². The van der Waals surface area contributed by atoms with E-state index >= 15 is 0 Å². The van der Waals surface area contributed by atoms with E-state index in [2.05, 4.69) is 0 Å². The van der Waals surface area contributed by atoms with Crippen LogP contribution in [0.4, 0.5) is 4.39 Å². The number of ether oxygens (including phenoxy) is 3. The summed E-state index contributed by atoms with van der Waals surface area (Å²) >= 11 is 0. The second-order valence-corrected chi connectivity index (χ2v) is 5.84. The van der Waals surface area contributed by atoms with Crippen molar-refractivity contribution in [1.82, 2.24) is 0 Å². The first-order valence-corrected chi connectivity index (χ1v) is 8.83. The fraction of sp³-hybridized carbons (Fsp3) is 0.238. The Morgan fingerprint density at radius 2 is 1.79 bits per heavy atom. The monoisotopic (exact) mass is 386 g/mol. The number of carbonyl (C=O) groups excluding carboxylic acids is 1. The van der Waals surface area contributed by atoms with Crippen LogP contribution in [-0.4, -0.2) is 19.2 Å². The lowest BCUT2D eigenvalue weighted by Crippen LogP contribution is -2.14. The second kappa shape index (κ2) is 8.56. The van der Waals surface area contributed by atoms with Gasteiger partial charge in [0.25, 0.3) is 0 Å². The summed E-state index contributed by atoms with van der Waals surface area (Å²) in [5.74, 6) is 0.228. The second-order valence-electron chi connectivity index (χ2n) is 5.84. The van der Waals surface area contributed by atoms with Crippen molar-refractivity contribution in [1.29, 1.82) is 0 Å². The standard InChI is InChI=1S/C21H19FO6/c1-3-17-21(27-14-7-5-13(22)6-8-14)20(24)16-10-9-15(11-18(16)28-17)26-12-19(23)25-4-2/h5-11H,3-4,12H2,1-2H3. The smallest absolute Gasteiger partial charge is 0.344 e. The normalized spacial score (nSPS) is 10.7. The molecule has 1 aromatic heterocycles. The van der Waals surface area contributed by atoms with Crippen LogP contribution in [0.1, 0.15) is 19.6 Å². The third-order valence-corrected chi connectivity index (χ3v) is 3.91. The average molecular weight is 386 g/mol. The fourth-order valence-electron chi connectivity index (χ4n) is 2.59. The summed E-state index contributed by atoms with van der Waals surface area (Å²) in [5.41, 5.74) is -0.0333. The average Bonchev–Trinajstić information content (AvgIpc) is 2.70. The number of rotatable bonds is 7. The minimum atomic E-state index is -0.485. The predicted molar refractivity (Wildman–Crippen MR) is 100 cm³/mol. The highest BCUT2D eigenvalue weighted by molar-refractivity contribution is 5.80. The summed E-state index contributed by atoms with van der Waals surface area (Å²) in [6.07, 6.45) is 0.412. The summed E-state index contributed by atoms with van der Waals surface area (Å²) in [7, 11) is 0. The molecule has 6 nitrogen and oxygen atoms in total. The van der Waals surface area contributed by atoms with Gasteiger partial charge in [0.1, 0.15) is 22.9 Å². The Kier molecular flexibility index (Phi) is 5.93. The minimum absolute atomic E-state index is 0.0572. The maximum atomic E-state index is 13.1. The van der Waals surface area contributed by atoms with Gasteiger partial charge in [-0.1, -0.05) is 6.92 Å². The van der Waals surface area contributed by atoms with Crippen molar-refractivity contribution < 1.29 is 27.8 Å². The van der Waals surface area contributed by atoms with E-state index in [1.54, 1.807) is 19.1 Å². The van der Waals surface area contributed by atoms with Gasteiger partial charge in [0.2, 0.25) is 11.2 Å². The number of hydrogen-bond donors (Lipinski definition) is 0. The topological polar surface area (TPSA) is 75.0 Å². The molecule has 0 N–H and O–H groups in total. The lowest BCUT2D eigenvalue weighted by Gasteiger charge is -2.11. The van der Waals surface area contributed by atoms with Crippen molar-refractivity contribution in [3.63, 3.8) is 0 Å². The predicted octanol–water partition coefficient (Wildman–Crippen LogP) is 4.23. The Labute approximate surface area is 160 Å². The number of benzene rings is 2. The van der Waals surface area contributed by atoms with E-state index in [4.69, 9.17) is 18.6 Å². The van der Waals surface area contributed by atoms with Gasteiger partial charge in [-0.2, -0.15) is 0 Å². The van der Waals surface area contributed by atoms with E-state index in [9.17, 15) is 14.0 Å². The number of esters is 1. The Balaban J connectivity index is 1.93. The third kappa shape index (κ3) is 4.31. The number of fused-ring (bicyclic) bond motifs is 1. The first-order valence-electron chi connectivity index (χ1n) is 8.83. The van der Waals surface area contributed by atoms with E-state index < -0.39 is 11.8 Å². The van der Waals surface area contributed by atoms with Crippen LogP contribution < -0.4 is 14.9 Å². The molecule has 0 saturated carbocycles. The highest BCUT2D eigenvalue weighted by Crippen LogP contribution is 2.28. The van der Waals surface area contributed by atoms with E-state index in [0.29, 0.717) is 34.6 Å². The number of carbonyl (C=O) groups is 1. The van der Waals surface area contributed by atoms with Crippen LogP contribution >= 0.6 is 0 Å². The molecular weight excluding hydrogens is 367 g/mol. The van der Waals surface area contributed by atoms with Gasteiger partial charge in [-0.25, -0.2) is 9.18 Å². The lowest BCUT2D eigenvalue weighted by atomic mass is 10.2. The van der Waals surface area contributed by atoms with Crippen LogP contribution in [0.15, 0.2) is 51.7 Å². The van der Waals surface area contributed by atoms with Gasteiger partial charge in [0.15, 0.2) is 12.4 Å². The molecule has 1 heterocycles. The van der Waals surface area contributed by atoms with Gasteiger partial charge < -0.3 is 18.6 Å². The van der Waals surface area contributed by atoms with Crippen molar-refractivity contribution in [2.75, 3.05) is 13.2 Å². The molecule has 3 rings (SSSR count). The summed E-state index contributed by atoms with van der Waals surface area (Å²) in [6.45, 7) is 3.56. The summed E-state index contributed by atoms with van der Waals surface area (Å²) < 4.78 is 34.7. The summed E-state index contributed by atoms with van der Waals surface area (Å²) in [5, 5.41) is 0.304. The maximum Gasteiger partial charge on any atom is 0.344 e. The first kappa shape index (κ1) is 19.4. The molecule has 0 amide bonds. The molecule has 0 aliphatic carbocycles. The quantitative estimate of drug-likeness (QED) is 0.566. The molecular formula is C21H19FO6. The van der Waals surface area contributed by atoms with Crippen LogP contribution in [0.2, 0.25) is 0 Å². The zero-order valence-corrected chi connectivity index (χ0v) is 15.5. The van der Waals surface area contributed by atoms with Crippen LogP contribution in [0.25, 0.3) is 11.0 Å². The maximum absolute atomic E-state index is 13.1. The van der Waals surface area contributed by atoms with Crippen LogP contribution in [0.5, 0.6) is 17.2 Å². The molecule has 2 aromatic carbocycles. The largest absolute Gasteiger partial charge is 0.482 e.